The van der Waals surface area contributed by atoms with Gasteiger partial charge in [0.1, 0.15) is 0 Å². The minimum atomic E-state index is -0.385. The summed E-state index contributed by atoms with van der Waals surface area (Å²) < 4.78 is 10.7. The fourth-order valence-electron chi connectivity index (χ4n) is 0.961. The highest BCUT2D eigenvalue weighted by Gasteiger charge is 2.21. The van der Waals surface area contributed by atoms with Crippen LogP contribution in [-0.4, -0.2) is 30.5 Å². The molecular weight excluding hydrogens is 167 g/mol. The Hall–Kier alpha value is -0.935. The fraction of sp³-hybridized carbons (Fsp3) is 0.500. The lowest BCUT2D eigenvalue weighted by molar-refractivity contribution is 0.224. The average molecular weight is 180 g/mol. The Morgan fingerprint density at radius 3 is 2.46 bits per heavy atom. The van der Waals surface area contributed by atoms with Gasteiger partial charge >= 0.3 is 7.12 Å². The van der Waals surface area contributed by atoms with E-state index >= 15 is 0 Å². The molecule has 0 aromatic carbocycles. The molecular formula is C8H13BN2O2. The molecule has 0 aliphatic rings. The zero-order valence-electron chi connectivity index (χ0n) is 7.93. The van der Waals surface area contributed by atoms with Crippen LogP contribution in [-0.2, 0) is 9.31 Å². The lowest BCUT2D eigenvalue weighted by Gasteiger charge is -2.10. The van der Waals surface area contributed by atoms with Gasteiger partial charge in [-0.25, -0.2) is 0 Å². The first kappa shape index (κ1) is 10.1. The van der Waals surface area contributed by atoms with Crippen molar-refractivity contribution >= 4 is 12.7 Å². The molecule has 0 unspecified atom stereocenters. The quantitative estimate of drug-likeness (QED) is 0.609. The molecule has 0 amide bonds. The monoisotopic (exact) mass is 180 g/mol. The lowest BCUT2D eigenvalue weighted by atomic mass is 9.84. The lowest BCUT2D eigenvalue weighted by Crippen LogP contribution is -2.39. The first-order valence-electron chi connectivity index (χ1n) is 4.39. The van der Waals surface area contributed by atoms with E-state index < -0.39 is 0 Å². The van der Waals surface area contributed by atoms with Gasteiger partial charge in [-0.1, -0.05) is 0 Å². The summed E-state index contributed by atoms with van der Waals surface area (Å²) in [7, 11) is -0.385. The van der Waals surface area contributed by atoms with Crippen molar-refractivity contribution in [2.75, 3.05) is 13.2 Å². The third-order valence-electron chi connectivity index (χ3n) is 1.47. The molecule has 0 N–H and O–H groups in total. The van der Waals surface area contributed by atoms with Crippen LogP contribution in [0.2, 0.25) is 0 Å². The van der Waals surface area contributed by atoms with E-state index in [4.69, 9.17) is 9.31 Å². The van der Waals surface area contributed by atoms with Crippen LogP contribution < -0.4 is 5.59 Å². The zero-order chi connectivity index (χ0) is 9.52. The number of nitrogens with zero attached hydrogens (tertiary/aromatic N) is 2. The fourth-order valence-corrected chi connectivity index (χ4v) is 0.961. The molecule has 70 valence electrons. The molecule has 0 spiro atoms. The Bertz CT molecular complexity index is 227. The molecule has 0 saturated heterocycles. The van der Waals surface area contributed by atoms with Crippen molar-refractivity contribution in [1.29, 1.82) is 0 Å². The van der Waals surface area contributed by atoms with Gasteiger partial charge in [0.15, 0.2) is 0 Å². The van der Waals surface area contributed by atoms with Crippen LogP contribution in [0.5, 0.6) is 0 Å². The molecule has 5 heteroatoms. The molecule has 0 saturated carbocycles. The first-order valence-corrected chi connectivity index (χ1v) is 4.39. The van der Waals surface area contributed by atoms with Crippen molar-refractivity contribution in [2.45, 2.75) is 13.8 Å². The second kappa shape index (κ2) is 5.67. The smallest absolute Gasteiger partial charge is 0.407 e. The summed E-state index contributed by atoms with van der Waals surface area (Å²) in [5.74, 6) is 0. The Morgan fingerprint density at radius 1 is 1.31 bits per heavy atom. The zero-order valence-corrected chi connectivity index (χ0v) is 7.93. The van der Waals surface area contributed by atoms with Crippen molar-refractivity contribution in [3.05, 3.63) is 18.3 Å². The number of aromatic nitrogens is 2. The van der Waals surface area contributed by atoms with Gasteiger partial charge in [0.05, 0.1) is 5.59 Å². The standard InChI is InChI=1S/C8H13BN2O2/c1-3-12-9(13-4-2)8-6-5-7-10-11-8/h5-7H,3-4H2,1-2H3. The van der Waals surface area contributed by atoms with E-state index in [0.717, 1.165) is 0 Å². The van der Waals surface area contributed by atoms with Gasteiger partial charge in [-0.3, -0.25) is 0 Å². The summed E-state index contributed by atoms with van der Waals surface area (Å²) in [4.78, 5) is 0. The topological polar surface area (TPSA) is 44.2 Å². The molecule has 1 rings (SSSR count). The van der Waals surface area contributed by atoms with Crippen LogP contribution in [0, 0.1) is 0 Å². The number of hydrogen-bond donors (Lipinski definition) is 0. The Labute approximate surface area is 78.4 Å². The third-order valence-corrected chi connectivity index (χ3v) is 1.47. The third kappa shape index (κ3) is 3.12. The molecule has 0 radical (unpaired) electrons. The van der Waals surface area contributed by atoms with Gasteiger partial charge in [-0.15, -0.1) is 0 Å². The van der Waals surface area contributed by atoms with Crippen LogP contribution in [0.15, 0.2) is 18.3 Å². The second-order valence-corrected chi connectivity index (χ2v) is 2.39. The van der Waals surface area contributed by atoms with Gasteiger partial charge in [-0.2, -0.15) is 10.2 Å². The van der Waals surface area contributed by atoms with E-state index in [-0.39, 0.29) is 7.12 Å². The molecule has 0 atom stereocenters. The van der Waals surface area contributed by atoms with Crippen molar-refractivity contribution in [1.82, 2.24) is 10.2 Å². The van der Waals surface area contributed by atoms with Crippen LogP contribution in [0.4, 0.5) is 0 Å². The summed E-state index contributed by atoms with van der Waals surface area (Å²) >= 11 is 0. The van der Waals surface area contributed by atoms with E-state index in [0.29, 0.717) is 18.8 Å². The van der Waals surface area contributed by atoms with Gasteiger partial charge in [0.25, 0.3) is 0 Å². The number of rotatable bonds is 5. The Morgan fingerprint density at radius 2 is 2.00 bits per heavy atom. The molecule has 0 aliphatic carbocycles. The Kier molecular flexibility index (Phi) is 4.42. The summed E-state index contributed by atoms with van der Waals surface area (Å²) in [5, 5.41) is 7.68. The predicted octanol–water partition coefficient (Wildman–Crippen LogP) is 0.245. The van der Waals surface area contributed by atoms with E-state index in [2.05, 4.69) is 10.2 Å². The van der Waals surface area contributed by atoms with Crippen LogP contribution in [0.1, 0.15) is 13.8 Å². The average Bonchev–Trinajstić information content (AvgIpc) is 2.19. The van der Waals surface area contributed by atoms with Gasteiger partial charge in [0, 0.05) is 19.4 Å². The molecule has 13 heavy (non-hydrogen) atoms. The van der Waals surface area contributed by atoms with Crippen molar-refractivity contribution in [3.8, 4) is 0 Å². The maximum atomic E-state index is 5.34. The SMILES string of the molecule is CCOB(OCC)c1cccnn1. The summed E-state index contributed by atoms with van der Waals surface area (Å²) in [6.07, 6.45) is 1.62. The molecule has 1 aromatic rings. The summed E-state index contributed by atoms with van der Waals surface area (Å²) in [6, 6.07) is 3.65. The molecule has 0 aliphatic heterocycles. The van der Waals surface area contributed by atoms with Crippen molar-refractivity contribution in [3.63, 3.8) is 0 Å². The van der Waals surface area contributed by atoms with E-state index in [1.165, 1.54) is 0 Å². The largest absolute Gasteiger partial charge is 0.515 e. The number of hydrogen-bond acceptors (Lipinski definition) is 4. The molecule has 4 nitrogen and oxygen atoms in total. The van der Waals surface area contributed by atoms with E-state index in [9.17, 15) is 0 Å². The predicted molar refractivity (Wildman–Crippen MR) is 50.7 cm³/mol. The van der Waals surface area contributed by atoms with E-state index in [1.807, 2.05) is 26.0 Å². The van der Waals surface area contributed by atoms with Gasteiger partial charge < -0.3 is 9.31 Å². The minimum Gasteiger partial charge on any atom is -0.407 e. The van der Waals surface area contributed by atoms with Gasteiger partial charge in [-0.05, 0) is 26.0 Å². The highest BCUT2D eigenvalue weighted by atomic mass is 16.6. The maximum absolute atomic E-state index is 5.34. The van der Waals surface area contributed by atoms with Crippen molar-refractivity contribution in [2.24, 2.45) is 0 Å². The van der Waals surface area contributed by atoms with E-state index in [1.54, 1.807) is 6.20 Å². The van der Waals surface area contributed by atoms with Crippen molar-refractivity contribution < 1.29 is 9.31 Å². The highest BCUT2D eigenvalue weighted by Crippen LogP contribution is 1.89. The first-order chi connectivity index (χ1) is 6.38. The van der Waals surface area contributed by atoms with Crippen LogP contribution >= 0.6 is 0 Å². The molecule has 1 heterocycles. The molecule has 0 fully saturated rings. The minimum absolute atomic E-state index is 0.385. The summed E-state index contributed by atoms with van der Waals surface area (Å²) in [5.41, 5.74) is 0.714. The van der Waals surface area contributed by atoms with Crippen LogP contribution in [0.25, 0.3) is 0 Å². The molecule has 0 bridgehead atoms. The van der Waals surface area contributed by atoms with Gasteiger partial charge in [0.2, 0.25) is 0 Å². The summed E-state index contributed by atoms with van der Waals surface area (Å²) in [6.45, 7) is 5.03. The Balaban J connectivity index is 2.64. The molecule has 1 aromatic heterocycles. The van der Waals surface area contributed by atoms with Crippen LogP contribution in [0.3, 0.4) is 0 Å². The second-order valence-electron chi connectivity index (χ2n) is 2.39. The maximum Gasteiger partial charge on any atom is 0.515 e. The normalized spacial score (nSPS) is 10.0. The highest BCUT2D eigenvalue weighted by molar-refractivity contribution is 6.60.